The van der Waals surface area contributed by atoms with E-state index in [2.05, 4.69) is 32.9 Å². The van der Waals surface area contributed by atoms with Gasteiger partial charge in [0.05, 0.1) is 18.2 Å². The van der Waals surface area contributed by atoms with Crippen LogP contribution in [0.4, 0.5) is 5.82 Å². The minimum Gasteiger partial charge on any atom is -0.381 e. The fraction of sp³-hybridized carbons (Fsp3) is 0.455. The SMILES string of the molecule is Cc1nc(NC(=O)[C@H]2CCOC2)ccc1I. The molecular weight excluding hydrogens is 319 g/mol. The van der Waals surface area contributed by atoms with E-state index in [0.29, 0.717) is 19.0 Å². The number of anilines is 1. The molecule has 0 radical (unpaired) electrons. The van der Waals surface area contributed by atoms with Gasteiger partial charge in [-0.15, -0.1) is 0 Å². The second-order valence-electron chi connectivity index (χ2n) is 3.81. The molecule has 16 heavy (non-hydrogen) atoms. The van der Waals surface area contributed by atoms with Gasteiger partial charge in [-0.3, -0.25) is 4.79 Å². The van der Waals surface area contributed by atoms with Crippen molar-refractivity contribution in [3.8, 4) is 0 Å². The molecule has 4 nitrogen and oxygen atoms in total. The van der Waals surface area contributed by atoms with Crippen molar-refractivity contribution in [2.24, 2.45) is 5.92 Å². The number of carbonyl (C=O) groups excluding carboxylic acids is 1. The van der Waals surface area contributed by atoms with Gasteiger partial charge < -0.3 is 10.1 Å². The van der Waals surface area contributed by atoms with Crippen molar-refractivity contribution < 1.29 is 9.53 Å². The Hall–Kier alpha value is -0.690. The van der Waals surface area contributed by atoms with Gasteiger partial charge in [0.25, 0.3) is 0 Å². The number of aryl methyl sites for hydroxylation is 1. The fourth-order valence-electron chi connectivity index (χ4n) is 1.58. The molecule has 1 amide bonds. The standard InChI is InChI=1S/C11H13IN2O2/c1-7-9(12)2-3-10(13-7)14-11(15)8-4-5-16-6-8/h2-3,8H,4-6H2,1H3,(H,13,14,15)/t8-/m0/s1. The van der Waals surface area contributed by atoms with Crippen LogP contribution in [0.1, 0.15) is 12.1 Å². The zero-order valence-electron chi connectivity index (χ0n) is 9.00. The van der Waals surface area contributed by atoms with Gasteiger partial charge in [-0.2, -0.15) is 0 Å². The van der Waals surface area contributed by atoms with Gasteiger partial charge in [-0.25, -0.2) is 4.98 Å². The first kappa shape index (κ1) is 11.8. The highest BCUT2D eigenvalue weighted by Crippen LogP contribution is 2.16. The predicted octanol–water partition coefficient (Wildman–Crippen LogP) is 1.97. The molecule has 0 unspecified atom stereocenters. The monoisotopic (exact) mass is 332 g/mol. The van der Waals surface area contributed by atoms with Gasteiger partial charge in [0.1, 0.15) is 5.82 Å². The number of nitrogens with zero attached hydrogens (tertiary/aromatic N) is 1. The first-order valence-corrected chi connectivity index (χ1v) is 6.26. The number of hydrogen-bond donors (Lipinski definition) is 1. The van der Waals surface area contributed by atoms with Crippen LogP contribution in [-0.4, -0.2) is 24.1 Å². The lowest BCUT2D eigenvalue weighted by molar-refractivity contribution is -0.119. The molecule has 1 aromatic rings. The summed E-state index contributed by atoms with van der Waals surface area (Å²) in [6, 6.07) is 3.77. The Balaban J connectivity index is 2.02. The molecule has 0 saturated carbocycles. The molecule has 2 rings (SSSR count). The van der Waals surface area contributed by atoms with E-state index in [1.54, 1.807) is 0 Å². The second-order valence-corrected chi connectivity index (χ2v) is 4.98. The largest absolute Gasteiger partial charge is 0.381 e. The predicted molar refractivity (Wildman–Crippen MR) is 69.2 cm³/mol. The summed E-state index contributed by atoms with van der Waals surface area (Å²) < 4.78 is 6.27. The van der Waals surface area contributed by atoms with Gasteiger partial charge >= 0.3 is 0 Å². The van der Waals surface area contributed by atoms with Crippen LogP contribution in [0.2, 0.25) is 0 Å². The molecule has 1 aromatic heterocycles. The van der Waals surface area contributed by atoms with Crippen molar-refractivity contribution >= 4 is 34.3 Å². The summed E-state index contributed by atoms with van der Waals surface area (Å²) in [5.74, 6) is 0.599. The van der Waals surface area contributed by atoms with Crippen LogP contribution in [0.5, 0.6) is 0 Å². The summed E-state index contributed by atoms with van der Waals surface area (Å²) in [7, 11) is 0. The maximum atomic E-state index is 11.8. The molecule has 0 spiro atoms. The van der Waals surface area contributed by atoms with Crippen molar-refractivity contribution in [1.29, 1.82) is 0 Å². The van der Waals surface area contributed by atoms with E-state index in [4.69, 9.17) is 4.74 Å². The number of aromatic nitrogens is 1. The Morgan fingerprint density at radius 1 is 1.62 bits per heavy atom. The first-order valence-electron chi connectivity index (χ1n) is 5.18. The topological polar surface area (TPSA) is 51.2 Å². The third-order valence-corrected chi connectivity index (χ3v) is 3.71. The highest BCUT2D eigenvalue weighted by atomic mass is 127. The van der Waals surface area contributed by atoms with Crippen LogP contribution in [-0.2, 0) is 9.53 Å². The summed E-state index contributed by atoms with van der Waals surface area (Å²) in [5, 5.41) is 2.82. The Bertz CT molecular complexity index is 403. The third kappa shape index (κ3) is 2.70. The molecule has 0 aliphatic carbocycles. The fourth-order valence-corrected chi connectivity index (χ4v) is 1.88. The Morgan fingerprint density at radius 3 is 3.06 bits per heavy atom. The van der Waals surface area contributed by atoms with E-state index in [1.165, 1.54) is 0 Å². The van der Waals surface area contributed by atoms with Crippen LogP contribution in [0.25, 0.3) is 0 Å². The first-order chi connectivity index (χ1) is 7.66. The van der Waals surface area contributed by atoms with Crippen molar-refractivity contribution in [1.82, 2.24) is 4.98 Å². The normalized spacial score (nSPS) is 19.8. The number of hydrogen-bond acceptors (Lipinski definition) is 3. The van der Waals surface area contributed by atoms with Gasteiger partial charge in [0, 0.05) is 10.2 Å². The zero-order chi connectivity index (χ0) is 11.5. The molecule has 2 heterocycles. The maximum absolute atomic E-state index is 11.8. The summed E-state index contributed by atoms with van der Waals surface area (Å²) in [6.45, 7) is 3.13. The van der Waals surface area contributed by atoms with E-state index in [-0.39, 0.29) is 11.8 Å². The number of ether oxygens (including phenoxy) is 1. The molecule has 0 bridgehead atoms. The van der Waals surface area contributed by atoms with E-state index in [0.717, 1.165) is 15.7 Å². The van der Waals surface area contributed by atoms with Gasteiger partial charge in [0.15, 0.2) is 0 Å². The molecular formula is C11H13IN2O2. The van der Waals surface area contributed by atoms with E-state index in [1.807, 2.05) is 19.1 Å². The molecule has 1 aliphatic heterocycles. The zero-order valence-corrected chi connectivity index (χ0v) is 11.2. The minimum atomic E-state index is -0.0265. The molecule has 1 N–H and O–H groups in total. The lowest BCUT2D eigenvalue weighted by atomic mass is 10.1. The van der Waals surface area contributed by atoms with Crippen LogP contribution >= 0.6 is 22.6 Å². The summed E-state index contributed by atoms with van der Waals surface area (Å²) in [4.78, 5) is 16.1. The quantitative estimate of drug-likeness (QED) is 0.843. The average molecular weight is 332 g/mol. The van der Waals surface area contributed by atoms with Gasteiger partial charge in [-0.05, 0) is 48.1 Å². The van der Waals surface area contributed by atoms with Crippen LogP contribution in [0.3, 0.4) is 0 Å². The van der Waals surface area contributed by atoms with Gasteiger partial charge in [0.2, 0.25) is 5.91 Å². The van der Waals surface area contributed by atoms with Crippen LogP contribution in [0, 0.1) is 16.4 Å². The highest BCUT2D eigenvalue weighted by Gasteiger charge is 2.23. The lowest BCUT2D eigenvalue weighted by Crippen LogP contribution is -2.23. The highest BCUT2D eigenvalue weighted by molar-refractivity contribution is 14.1. The smallest absolute Gasteiger partial charge is 0.231 e. The van der Waals surface area contributed by atoms with Gasteiger partial charge in [-0.1, -0.05) is 0 Å². The maximum Gasteiger partial charge on any atom is 0.231 e. The molecule has 1 saturated heterocycles. The summed E-state index contributed by atoms with van der Waals surface area (Å²) in [5.41, 5.74) is 0.932. The van der Waals surface area contributed by atoms with E-state index >= 15 is 0 Å². The number of nitrogens with one attached hydrogen (secondary N) is 1. The van der Waals surface area contributed by atoms with Crippen molar-refractivity contribution in [3.05, 3.63) is 21.4 Å². The Labute approximate surface area is 108 Å². The minimum absolute atomic E-state index is 0.00519. The third-order valence-electron chi connectivity index (χ3n) is 2.57. The molecule has 1 fully saturated rings. The van der Waals surface area contributed by atoms with E-state index < -0.39 is 0 Å². The van der Waals surface area contributed by atoms with Crippen molar-refractivity contribution in [3.63, 3.8) is 0 Å². The molecule has 86 valence electrons. The second kappa shape index (κ2) is 5.09. The number of rotatable bonds is 2. The van der Waals surface area contributed by atoms with Crippen molar-refractivity contribution in [2.45, 2.75) is 13.3 Å². The van der Waals surface area contributed by atoms with Crippen LogP contribution in [0.15, 0.2) is 12.1 Å². The average Bonchev–Trinajstić information content (AvgIpc) is 2.77. The van der Waals surface area contributed by atoms with Crippen LogP contribution < -0.4 is 5.32 Å². The lowest BCUT2D eigenvalue weighted by Gasteiger charge is -2.09. The molecule has 1 aliphatic rings. The number of amides is 1. The number of carbonyl (C=O) groups is 1. The molecule has 1 atom stereocenters. The Morgan fingerprint density at radius 2 is 2.44 bits per heavy atom. The molecule has 0 aromatic carbocycles. The van der Waals surface area contributed by atoms with E-state index in [9.17, 15) is 4.79 Å². The summed E-state index contributed by atoms with van der Waals surface area (Å²) in [6.07, 6.45) is 0.801. The Kier molecular flexibility index (Phi) is 3.75. The number of pyridine rings is 1. The number of halogens is 1. The molecule has 5 heteroatoms. The van der Waals surface area contributed by atoms with Crippen molar-refractivity contribution in [2.75, 3.05) is 18.5 Å². The summed E-state index contributed by atoms with van der Waals surface area (Å²) >= 11 is 2.22.